The van der Waals surface area contributed by atoms with Gasteiger partial charge in [0.1, 0.15) is 28.9 Å². The molecule has 6 amide bonds. The van der Waals surface area contributed by atoms with Crippen molar-refractivity contribution in [2.45, 2.75) is 89.4 Å². The number of hydrogen-bond donors (Lipinski definition) is 1. The summed E-state index contributed by atoms with van der Waals surface area (Å²) in [6.45, 7) is 7.38. The Morgan fingerprint density at radius 2 is 1.00 bits per heavy atom. The van der Waals surface area contributed by atoms with Crippen LogP contribution in [0.5, 0.6) is 0 Å². The zero-order chi connectivity index (χ0) is 63.5. The average Bonchev–Trinajstić information content (AvgIpc) is 1.62. The molecule has 5 aromatic carbocycles. The first-order chi connectivity index (χ1) is 43.3. The van der Waals surface area contributed by atoms with E-state index in [-0.39, 0.29) is 84.3 Å². The fourth-order valence-electron chi connectivity index (χ4n) is 12.9. The number of carbonyl (C=O) groups excluding carboxylic acids is 10. The second-order valence-corrected chi connectivity index (χ2v) is 24.0. The van der Waals surface area contributed by atoms with Crippen molar-refractivity contribution in [3.63, 3.8) is 0 Å². The fraction of sp³-hybridized carbons (Fsp3) is 0.348. The van der Waals surface area contributed by atoms with Crippen LogP contribution in [0.3, 0.4) is 0 Å². The maximum absolute atomic E-state index is 15.3. The minimum absolute atomic E-state index is 0.134. The van der Waals surface area contributed by atoms with E-state index >= 15 is 8.78 Å². The van der Waals surface area contributed by atoms with E-state index in [2.05, 4.69) is 24.6 Å². The number of piperazine rings is 2. The lowest BCUT2D eigenvalue weighted by Gasteiger charge is -2.36. The van der Waals surface area contributed by atoms with Gasteiger partial charge in [-0.05, 0) is 127 Å². The van der Waals surface area contributed by atoms with Crippen molar-refractivity contribution < 1.29 is 56.7 Å². The summed E-state index contributed by atoms with van der Waals surface area (Å²) in [5.41, 5.74) is 13.4. The topological polar surface area (TPSA) is 232 Å². The highest BCUT2D eigenvalue weighted by Gasteiger charge is 2.47. The molecule has 4 fully saturated rings. The number of amides is 6. The number of ketones is 4. The van der Waals surface area contributed by atoms with Crippen LogP contribution in [-0.2, 0) is 58.0 Å². The summed E-state index contributed by atoms with van der Waals surface area (Å²) >= 11 is 0. The van der Waals surface area contributed by atoms with Crippen LogP contribution in [0, 0.1) is 11.6 Å². The summed E-state index contributed by atoms with van der Waals surface area (Å²) in [4.78, 5) is 142. The number of imide groups is 2. The number of fused-ring (bicyclic) bond motifs is 2. The molecule has 90 heavy (non-hydrogen) atoms. The van der Waals surface area contributed by atoms with E-state index in [1.807, 2.05) is 30.3 Å². The molecule has 0 radical (unpaired) electrons. The Labute approximate surface area is 519 Å². The van der Waals surface area contributed by atoms with Crippen molar-refractivity contribution in [2.24, 2.45) is 5.73 Å². The van der Waals surface area contributed by atoms with E-state index in [0.29, 0.717) is 77.8 Å². The zero-order valence-electron chi connectivity index (χ0n) is 50.3. The van der Waals surface area contributed by atoms with Gasteiger partial charge < -0.3 is 20.4 Å². The Hall–Kier alpha value is -9.47. The Morgan fingerprint density at radius 3 is 1.50 bits per heavy atom. The number of rotatable bonds is 16. The predicted octanol–water partition coefficient (Wildman–Crippen LogP) is 6.64. The SMILES string of the molecule is CN(C)C(=O)c1ccc(N2CCN(Cc3ccc(CCc4cccc5c4C(=O)N(C4CCC(=O)CC4=O)C5=O)c(F)c3)CC2)cn1.NC(=O)c1ccc(N2CCN(Cc3ccc(CCc4cccc5c4C(=O)N(C4CCC(=O)CC4=O)C5=O)cc3F)CC2)cc1. The number of benzene rings is 5. The number of aryl methyl sites for hydroxylation is 4. The lowest BCUT2D eigenvalue weighted by Crippen LogP contribution is -2.47. The third-order valence-electron chi connectivity index (χ3n) is 17.9. The van der Waals surface area contributed by atoms with Crippen LogP contribution in [-0.4, -0.2) is 167 Å². The first-order valence-electron chi connectivity index (χ1n) is 30.4. The number of hydrogen-bond acceptors (Lipinski definition) is 15. The van der Waals surface area contributed by atoms with Gasteiger partial charge in [-0.3, -0.25) is 67.5 Å². The van der Waals surface area contributed by atoms with Crippen LogP contribution >= 0.6 is 0 Å². The number of halogens is 2. The molecule has 21 heteroatoms. The molecule has 0 bridgehead atoms. The number of Topliss-reactive ketones (excluding diaryl/α,β-unsaturated/α-hetero) is 4. The summed E-state index contributed by atoms with van der Waals surface area (Å²) in [5.74, 6) is -4.38. The van der Waals surface area contributed by atoms with E-state index in [9.17, 15) is 47.9 Å². The number of nitrogens with two attached hydrogens (primary N) is 1. The smallest absolute Gasteiger partial charge is 0.271 e. The van der Waals surface area contributed by atoms with Crippen LogP contribution in [0.1, 0.15) is 134 Å². The lowest BCUT2D eigenvalue weighted by atomic mass is 9.92. The van der Waals surface area contributed by atoms with Crippen molar-refractivity contribution >= 4 is 70.0 Å². The summed E-state index contributed by atoms with van der Waals surface area (Å²) in [7, 11) is 3.39. The third kappa shape index (κ3) is 13.3. The maximum Gasteiger partial charge on any atom is 0.271 e. The van der Waals surface area contributed by atoms with E-state index in [0.717, 1.165) is 84.7 Å². The molecule has 1 aromatic heterocycles. The second kappa shape index (κ2) is 26.7. The molecule has 2 unspecified atom stereocenters. The number of primary amides is 1. The summed E-state index contributed by atoms with van der Waals surface area (Å²) < 4.78 is 30.5. The van der Waals surface area contributed by atoms with Gasteiger partial charge in [-0.1, -0.05) is 48.5 Å². The maximum atomic E-state index is 15.3. The monoisotopic (exact) mass is 1220 g/mol. The Bertz CT molecular complexity index is 3880. The standard InChI is InChI=1S/C35H36FN5O5.C34H33FN4O5/c1-38(2)34(45)29-12-10-25(20-37-29)40-16-14-39(15-17-40)21-22-6-7-23(28(36)18-22)8-9-24-4-3-5-27-32(24)35(46)41(33(27)44)30-13-11-26(42)19-31(30)43;35-28-18-21(5-7-24(28)20-37-14-16-38(17-15-37)25-10-8-23(9-11-25)32(36)42)4-6-22-2-1-3-27-31(22)34(44)39(33(27)43)29-13-12-26(40)19-30(29)41/h3-7,10,12,18,20,30H,8-9,11,13-17,19,21H2,1-2H3;1-3,5,7-11,18,29H,4,6,12-17,19-20H2,(H2,36,42). The fourth-order valence-corrected chi connectivity index (χ4v) is 12.9. The Balaban J connectivity index is 0.000000185. The van der Waals surface area contributed by atoms with Crippen LogP contribution in [0.2, 0.25) is 0 Å². The second-order valence-electron chi connectivity index (χ2n) is 24.0. The molecule has 4 aliphatic heterocycles. The Kier molecular flexibility index (Phi) is 18.4. The predicted molar refractivity (Wildman–Crippen MR) is 329 cm³/mol. The van der Waals surface area contributed by atoms with Crippen LogP contribution in [0.15, 0.2) is 115 Å². The highest BCUT2D eigenvalue weighted by atomic mass is 19.1. The number of pyridine rings is 1. The van der Waals surface area contributed by atoms with E-state index in [4.69, 9.17) is 5.73 Å². The van der Waals surface area contributed by atoms with E-state index < -0.39 is 53.2 Å². The lowest BCUT2D eigenvalue weighted by molar-refractivity contribution is -0.134. The molecule has 2 atom stereocenters. The van der Waals surface area contributed by atoms with Gasteiger partial charge in [-0.15, -0.1) is 0 Å². The minimum atomic E-state index is -0.922. The van der Waals surface area contributed by atoms with Crippen LogP contribution in [0.4, 0.5) is 20.2 Å². The van der Waals surface area contributed by atoms with Crippen molar-refractivity contribution in [1.29, 1.82) is 0 Å². The summed E-state index contributed by atoms with van der Waals surface area (Å²) in [6, 6.07) is 29.7. The van der Waals surface area contributed by atoms with E-state index in [1.54, 1.807) is 93.1 Å². The van der Waals surface area contributed by atoms with Crippen LogP contribution in [0.25, 0.3) is 0 Å². The van der Waals surface area contributed by atoms with Crippen molar-refractivity contribution in [1.82, 2.24) is 29.5 Å². The van der Waals surface area contributed by atoms with Gasteiger partial charge in [0.15, 0.2) is 11.6 Å². The van der Waals surface area contributed by atoms with Gasteiger partial charge in [0.2, 0.25) is 5.91 Å². The summed E-state index contributed by atoms with van der Waals surface area (Å²) in [6.07, 6.45) is 3.45. The van der Waals surface area contributed by atoms with Gasteiger partial charge in [-0.2, -0.15) is 0 Å². The number of aromatic nitrogens is 1. The quantitative estimate of drug-likeness (QED) is 0.0791. The van der Waals surface area contributed by atoms with Crippen molar-refractivity contribution in [3.8, 4) is 0 Å². The first-order valence-corrected chi connectivity index (χ1v) is 30.4. The molecule has 6 aliphatic rings. The number of carbonyl (C=O) groups is 10. The van der Waals surface area contributed by atoms with Crippen molar-refractivity contribution in [3.05, 3.63) is 194 Å². The van der Waals surface area contributed by atoms with Crippen LogP contribution < -0.4 is 15.5 Å². The van der Waals surface area contributed by atoms with E-state index in [1.165, 1.54) is 11.0 Å². The molecule has 6 aromatic rings. The highest BCUT2D eigenvalue weighted by Crippen LogP contribution is 2.34. The molecule has 2 aliphatic carbocycles. The first kappa shape index (κ1) is 62.1. The molecule has 5 heterocycles. The molecular weight excluding hydrogens is 1150 g/mol. The molecule has 2 saturated carbocycles. The van der Waals surface area contributed by atoms with Gasteiger partial charge in [0.25, 0.3) is 29.5 Å². The zero-order valence-corrected chi connectivity index (χ0v) is 50.3. The normalized spacial score (nSPS) is 18.9. The molecule has 19 nitrogen and oxygen atoms in total. The third-order valence-corrected chi connectivity index (χ3v) is 17.9. The highest BCUT2D eigenvalue weighted by molar-refractivity contribution is 6.25. The molecule has 12 rings (SSSR count). The largest absolute Gasteiger partial charge is 0.369 e. The molecule has 464 valence electrons. The number of nitrogens with zero attached hydrogens (tertiary/aromatic N) is 8. The molecule has 2 saturated heterocycles. The average molecular weight is 1220 g/mol. The summed E-state index contributed by atoms with van der Waals surface area (Å²) in [5, 5.41) is 0. The molecular formula is C69H69F2N9O10. The van der Waals surface area contributed by atoms with Gasteiger partial charge in [0.05, 0.1) is 59.1 Å². The number of anilines is 2. The van der Waals surface area contributed by atoms with Crippen molar-refractivity contribution in [2.75, 3.05) is 76.3 Å². The van der Waals surface area contributed by atoms with Gasteiger partial charge >= 0.3 is 0 Å². The van der Waals surface area contributed by atoms with Gasteiger partial charge in [-0.25, -0.2) is 13.8 Å². The molecule has 0 spiro atoms. The minimum Gasteiger partial charge on any atom is -0.369 e. The molecule has 2 N–H and O–H groups in total. The van der Waals surface area contributed by atoms with Gasteiger partial charge in [0, 0.05) is 109 Å². The Morgan fingerprint density at radius 1 is 0.522 bits per heavy atom.